The fraction of sp³-hybridized carbons (Fsp3) is 0.520. The third-order valence-corrected chi connectivity index (χ3v) is 5.65. The highest BCUT2D eigenvalue weighted by atomic mass is 16.6. The lowest BCUT2D eigenvalue weighted by atomic mass is 9.73. The third-order valence-electron chi connectivity index (χ3n) is 5.65. The number of esters is 2. The van der Waals surface area contributed by atoms with Crippen LogP contribution in [-0.4, -0.2) is 35.4 Å². The van der Waals surface area contributed by atoms with Crippen LogP contribution in [0.2, 0.25) is 0 Å². The zero-order valence-electron chi connectivity index (χ0n) is 18.8. The summed E-state index contributed by atoms with van der Waals surface area (Å²) in [6.45, 7) is 8.74. The van der Waals surface area contributed by atoms with Gasteiger partial charge in [0.15, 0.2) is 0 Å². The van der Waals surface area contributed by atoms with E-state index in [4.69, 9.17) is 9.47 Å². The molecule has 0 saturated heterocycles. The molecule has 1 aromatic rings. The van der Waals surface area contributed by atoms with E-state index in [0.717, 1.165) is 49.7 Å². The molecule has 0 heterocycles. The molecule has 0 fully saturated rings. The third kappa shape index (κ3) is 6.77. The van der Waals surface area contributed by atoms with Crippen molar-refractivity contribution >= 4 is 11.9 Å². The quantitative estimate of drug-likeness (QED) is 0.250. The Bertz CT molecular complexity index is 799. The summed E-state index contributed by atoms with van der Waals surface area (Å²) in [5.41, 5.74) is 3.60. The molecule has 0 amide bonds. The van der Waals surface area contributed by atoms with E-state index in [1.807, 2.05) is 13.8 Å². The Hall–Kier alpha value is -2.44. The van der Waals surface area contributed by atoms with E-state index < -0.39 is 25.2 Å². The van der Waals surface area contributed by atoms with Gasteiger partial charge in [-0.1, -0.05) is 43.6 Å². The summed E-state index contributed by atoms with van der Waals surface area (Å²) in [4.78, 5) is 24.0. The minimum Gasteiger partial charge on any atom is -0.424 e. The molecular formula is C25H34O6. The normalized spacial score (nSPS) is 18.3. The Kier molecular flexibility index (Phi) is 9.46. The number of aliphatic hydroxyl groups excluding tert-OH is 2. The van der Waals surface area contributed by atoms with Crippen LogP contribution in [0.5, 0.6) is 11.5 Å². The lowest BCUT2D eigenvalue weighted by molar-refractivity contribution is -0.137. The van der Waals surface area contributed by atoms with Crippen molar-refractivity contribution in [2.75, 3.05) is 13.2 Å². The Morgan fingerprint density at radius 3 is 2.16 bits per heavy atom. The van der Waals surface area contributed by atoms with Crippen molar-refractivity contribution < 1.29 is 29.3 Å². The predicted octanol–water partition coefficient (Wildman–Crippen LogP) is 4.23. The fourth-order valence-corrected chi connectivity index (χ4v) is 4.09. The van der Waals surface area contributed by atoms with Crippen molar-refractivity contribution in [1.82, 2.24) is 0 Å². The Balaban J connectivity index is 2.67. The van der Waals surface area contributed by atoms with Gasteiger partial charge in [0.25, 0.3) is 0 Å². The van der Waals surface area contributed by atoms with Gasteiger partial charge < -0.3 is 19.7 Å². The minimum absolute atomic E-state index is 0.0767. The van der Waals surface area contributed by atoms with Gasteiger partial charge in [-0.05, 0) is 63.1 Å². The number of ether oxygens (including phenoxy) is 2. The van der Waals surface area contributed by atoms with Gasteiger partial charge in [-0.2, -0.15) is 0 Å². The Morgan fingerprint density at radius 1 is 1.10 bits per heavy atom. The van der Waals surface area contributed by atoms with E-state index in [1.54, 1.807) is 12.1 Å². The minimum atomic E-state index is -0.783. The smallest absolute Gasteiger partial charge is 0.337 e. The predicted molar refractivity (Wildman–Crippen MR) is 119 cm³/mol. The zero-order valence-corrected chi connectivity index (χ0v) is 18.8. The summed E-state index contributed by atoms with van der Waals surface area (Å²) in [5.74, 6) is -1.15. The summed E-state index contributed by atoms with van der Waals surface area (Å²) in [6.07, 6.45) is 7.67. The molecule has 0 aromatic heterocycles. The summed E-state index contributed by atoms with van der Waals surface area (Å²) < 4.78 is 11.0. The number of hydrogen-bond acceptors (Lipinski definition) is 6. The first-order chi connectivity index (χ1) is 14.8. The van der Waals surface area contributed by atoms with Crippen LogP contribution < -0.4 is 9.47 Å². The Morgan fingerprint density at radius 2 is 1.68 bits per heavy atom. The second-order valence-corrected chi connectivity index (χ2v) is 8.26. The number of allylic oxidation sites excluding steroid dienone is 3. The van der Waals surface area contributed by atoms with E-state index in [2.05, 4.69) is 19.6 Å². The van der Waals surface area contributed by atoms with Crippen LogP contribution in [0.25, 0.3) is 0 Å². The molecular weight excluding hydrogens is 396 g/mol. The molecule has 6 nitrogen and oxygen atoms in total. The number of aryl methyl sites for hydroxylation is 1. The van der Waals surface area contributed by atoms with Crippen molar-refractivity contribution in [2.45, 2.75) is 65.2 Å². The maximum atomic E-state index is 12.0. The summed E-state index contributed by atoms with van der Waals surface area (Å²) in [7, 11) is 0. The average Bonchev–Trinajstić information content (AvgIpc) is 2.73. The van der Waals surface area contributed by atoms with Crippen molar-refractivity contribution in [2.24, 2.45) is 5.92 Å². The highest BCUT2D eigenvalue weighted by Crippen LogP contribution is 2.47. The van der Waals surface area contributed by atoms with Gasteiger partial charge in [0, 0.05) is 11.5 Å². The van der Waals surface area contributed by atoms with E-state index in [0.29, 0.717) is 5.56 Å². The van der Waals surface area contributed by atoms with Crippen LogP contribution in [0, 0.1) is 5.92 Å². The second-order valence-electron chi connectivity index (χ2n) is 8.26. The Labute approximate surface area is 184 Å². The van der Waals surface area contributed by atoms with E-state index in [-0.39, 0.29) is 23.3 Å². The molecule has 0 spiro atoms. The van der Waals surface area contributed by atoms with Crippen LogP contribution >= 0.6 is 0 Å². The van der Waals surface area contributed by atoms with Crippen molar-refractivity contribution in [1.29, 1.82) is 0 Å². The monoisotopic (exact) mass is 430 g/mol. The zero-order chi connectivity index (χ0) is 23.0. The topological polar surface area (TPSA) is 93.1 Å². The number of benzene rings is 1. The molecule has 31 heavy (non-hydrogen) atoms. The molecule has 2 N–H and O–H groups in total. The van der Waals surface area contributed by atoms with Crippen LogP contribution in [0.15, 0.2) is 35.9 Å². The molecule has 0 radical (unpaired) electrons. The summed E-state index contributed by atoms with van der Waals surface area (Å²) in [5, 5.41) is 18.5. The maximum absolute atomic E-state index is 12.0. The van der Waals surface area contributed by atoms with Gasteiger partial charge in [0.05, 0.1) is 0 Å². The van der Waals surface area contributed by atoms with E-state index >= 15 is 0 Å². The van der Waals surface area contributed by atoms with Crippen molar-refractivity contribution in [3.63, 3.8) is 0 Å². The number of carbonyl (C=O) groups excluding carboxylic acids is 2. The van der Waals surface area contributed by atoms with Gasteiger partial charge in [-0.15, -0.1) is 0 Å². The van der Waals surface area contributed by atoms with Crippen molar-refractivity contribution in [3.05, 3.63) is 47.1 Å². The second kappa shape index (κ2) is 11.8. The molecule has 170 valence electrons. The van der Waals surface area contributed by atoms with E-state index in [1.165, 1.54) is 5.57 Å². The van der Waals surface area contributed by atoms with E-state index in [9.17, 15) is 19.8 Å². The standard InChI is InChI=1S/C25H34O6/c1-5-6-7-8-18-12-21(30-23(28)14-26)25(22(13-18)31-24(29)15-27)20-11-17(4)9-10-19(20)16(2)3/h11-13,19-20,26-27H,2,5-10,14-15H2,1,3-4H3. The lowest BCUT2D eigenvalue weighted by Crippen LogP contribution is -2.22. The number of aliphatic hydroxyl groups is 2. The van der Waals surface area contributed by atoms with Crippen LogP contribution in [0.4, 0.5) is 0 Å². The fourth-order valence-electron chi connectivity index (χ4n) is 4.09. The summed E-state index contributed by atoms with van der Waals surface area (Å²) in [6, 6.07) is 3.59. The molecule has 2 atom stereocenters. The molecule has 6 heteroatoms. The highest BCUT2D eigenvalue weighted by Gasteiger charge is 2.32. The first-order valence-corrected chi connectivity index (χ1v) is 10.9. The molecule has 1 aliphatic rings. The number of hydrogen-bond donors (Lipinski definition) is 2. The SMILES string of the molecule is C=C(C)C1CCC(C)=CC1c1c(OC(=O)CO)cc(CCCCC)cc1OC(=O)CO. The largest absolute Gasteiger partial charge is 0.424 e. The molecule has 0 bridgehead atoms. The van der Waals surface area contributed by atoms with Gasteiger partial charge in [-0.3, -0.25) is 0 Å². The first kappa shape index (κ1) is 24.8. The lowest BCUT2D eigenvalue weighted by Gasteiger charge is -2.32. The van der Waals surface area contributed by atoms with Gasteiger partial charge in [-0.25, -0.2) is 9.59 Å². The van der Waals surface area contributed by atoms with Crippen LogP contribution in [0.1, 0.15) is 69.9 Å². The molecule has 2 unspecified atom stereocenters. The highest BCUT2D eigenvalue weighted by molar-refractivity contribution is 5.77. The van der Waals surface area contributed by atoms with Gasteiger partial charge in [0.1, 0.15) is 24.7 Å². The van der Waals surface area contributed by atoms with Gasteiger partial charge in [0.2, 0.25) is 0 Å². The maximum Gasteiger partial charge on any atom is 0.337 e. The number of carbonyl (C=O) groups is 2. The average molecular weight is 431 g/mol. The van der Waals surface area contributed by atoms with Crippen molar-refractivity contribution in [3.8, 4) is 11.5 Å². The van der Waals surface area contributed by atoms with Crippen LogP contribution in [-0.2, 0) is 16.0 Å². The molecule has 0 aliphatic heterocycles. The molecule has 0 saturated carbocycles. The molecule has 1 aliphatic carbocycles. The van der Waals surface area contributed by atoms with Gasteiger partial charge >= 0.3 is 11.9 Å². The first-order valence-electron chi connectivity index (χ1n) is 10.9. The molecule has 2 rings (SSSR count). The number of rotatable bonds is 10. The number of unbranched alkanes of at least 4 members (excludes halogenated alkanes) is 2. The summed E-state index contributed by atoms with van der Waals surface area (Å²) >= 11 is 0. The van der Waals surface area contributed by atoms with Crippen LogP contribution in [0.3, 0.4) is 0 Å². The molecule has 1 aromatic carbocycles.